The molecule has 0 radical (unpaired) electrons. The van der Waals surface area contributed by atoms with E-state index in [0.29, 0.717) is 27.6 Å². The van der Waals surface area contributed by atoms with Crippen LogP contribution in [0.2, 0.25) is 0 Å². The number of aromatic amines is 1. The number of aromatic nitrogens is 1. The molecule has 4 aromatic rings. The second kappa shape index (κ2) is 9.26. The van der Waals surface area contributed by atoms with Crippen molar-refractivity contribution >= 4 is 34.5 Å². The molecule has 0 bridgehead atoms. The highest BCUT2D eigenvalue weighted by molar-refractivity contribution is 6.13. The van der Waals surface area contributed by atoms with Gasteiger partial charge in [-0.05, 0) is 23.3 Å². The zero-order valence-corrected chi connectivity index (χ0v) is 19.7. The monoisotopic (exact) mass is 480 g/mol. The SMILES string of the molecule is COC(=O)c1c[nH]c2ccc(C3(CC(=O)c4ccccc4)CC(=O)N(Cc4ccccc4)C3=O)cc12. The second-order valence-corrected chi connectivity index (χ2v) is 8.95. The second-order valence-electron chi connectivity index (χ2n) is 8.95. The van der Waals surface area contributed by atoms with E-state index in [1.54, 1.807) is 48.7 Å². The fourth-order valence-corrected chi connectivity index (χ4v) is 4.89. The molecule has 1 N–H and O–H groups in total. The number of benzene rings is 3. The van der Waals surface area contributed by atoms with Gasteiger partial charge in [0.2, 0.25) is 11.8 Å². The number of H-pyrrole nitrogens is 1. The number of methoxy groups -OCH3 is 1. The predicted octanol–water partition coefficient (Wildman–Crippen LogP) is 4.42. The Morgan fingerprint density at radius 3 is 2.36 bits per heavy atom. The van der Waals surface area contributed by atoms with E-state index < -0.39 is 17.3 Å². The Morgan fingerprint density at radius 2 is 1.67 bits per heavy atom. The van der Waals surface area contributed by atoms with E-state index in [1.807, 2.05) is 36.4 Å². The number of fused-ring (bicyclic) bond motifs is 1. The normalized spacial score (nSPS) is 17.5. The van der Waals surface area contributed by atoms with E-state index in [1.165, 1.54) is 12.0 Å². The summed E-state index contributed by atoms with van der Waals surface area (Å²) >= 11 is 0. The molecule has 0 spiro atoms. The third-order valence-corrected chi connectivity index (χ3v) is 6.79. The number of ketones is 1. The predicted molar refractivity (Wildman–Crippen MR) is 133 cm³/mol. The summed E-state index contributed by atoms with van der Waals surface area (Å²) in [6, 6.07) is 23.2. The third-order valence-electron chi connectivity index (χ3n) is 6.79. The van der Waals surface area contributed by atoms with Crippen LogP contribution in [0.1, 0.15) is 44.7 Å². The number of hydrogen-bond acceptors (Lipinski definition) is 5. The zero-order valence-electron chi connectivity index (χ0n) is 19.7. The summed E-state index contributed by atoms with van der Waals surface area (Å²) < 4.78 is 4.89. The number of imide groups is 1. The van der Waals surface area contributed by atoms with Gasteiger partial charge in [-0.3, -0.25) is 19.3 Å². The number of carbonyl (C=O) groups excluding carboxylic acids is 4. The fourth-order valence-electron chi connectivity index (χ4n) is 4.89. The summed E-state index contributed by atoms with van der Waals surface area (Å²) in [5, 5.41) is 0.563. The topological polar surface area (TPSA) is 96.5 Å². The highest BCUT2D eigenvalue weighted by Gasteiger charge is 2.53. The number of hydrogen-bond donors (Lipinski definition) is 1. The molecule has 1 unspecified atom stereocenters. The molecule has 1 aromatic heterocycles. The van der Waals surface area contributed by atoms with Gasteiger partial charge in [-0.1, -0.05) is 66.7 Å². The molecule has 3 aromatic carbocycles. The molecule has 1 aliphatic rings. The van der Waals surface area contributed by atoms with E-state index in [9.17, 15) is 19.2 Å². The van der Waals surface area contributed by atoms with Gasteiger partial charge in [-0.25, -0.2) is 4.79 Å². The molecule has 5 rings (SSSR count). The highest BCUT2D eigenvalue weighted by Crippen LogP contribution is 2.42. The molecule has 7 heteroatoms. The molecule has 1 atom stereocenters. The number of nitrogens with one attached hydrogen (secondary N) is 1. The van der Waals surface area contributed by atoms with Gasteiger partial charge in [0.15, 0.2) is 5.78 Å². The Labute approximate surface area is 207 Å². The van der Waals surface area contributed by atoms with Crippen molar-refractivity contribution in [2.24, 2.45) is 0 Å². The summed E-state index contributed by atoms with van der Waals surface area (Å²) in [7, 11) is 1.30. The van der Waals surface area contributed by atoms with Crippen LogP contribution in [0, 0.1) is 0 Å². The van der Waals surface area contributed by atoms with Crippen LogP contribution < -0.4 is 0 Å². The van der Waals surface area contributed by atoms with E-state index >= 15 is 0 Å². The molecule has 180 valence electrons. The van der Waals surface area contributed by atoms with Crippen molar-refractivity contribution in [3.63, 3.8) is 0 Å². The first-order valence-corrected chi connectivity index (χ1v) is 11.6. The van der Waals surface area contributed by atoms with Crippen molar-refractivity contribution in [1.29, 1.82) is 0 Å². The Balaban J connectivity index is 1.61. The van der Waals surface area contributed by atoms with Crippen molar-refractivity contribution in [1.82, 2.24) is 9.88 Å². The maximum absolute atomic E-state index is 14.0. The minimum atomic E-state index is -1.39. The number of Topliss-reactive ketones (excluding diaryl/α,β-unsaturated/α-hetero) is 1. The number of rotatable bonds is 7. The minimum absolute atomic E-state index is 0.125. The lowest BCUT2D eigenvalue weighted by atomic mass is 9.73. The van der Waals surface area contributed by atoms with Gasteiger partial charge in [0.05, 0.1) is 24.6 Å². The molecule has 0 saturated carbocycles. The molecule has 1 aliphatic heterocycles. The van der Waals surface area contributed by atoms with Crippen LogP contribution >= 0.6 is 0 Å². The molecule has 2 amide bonds. The smallest absolute Gasteiger partial charge is 0.340 e. The standard InChI is InChI=1S/C29H24N2O5/c1-36-27(34)23-17-30-24-13-12-21(14-22(23)24)29(15-25(32)20-10-6-3-7-11-20)16-26(33)31(28(29)35)18-19-8-4-2-5-9-19/h2-14,17,30H,15-16,18H2,1H3. The van der Waals surface area contributed by atoms with E-state index in [0.717, 1.165) is 5.56 Å². The first kappa shape index (κ1) is 23.2. The number of ether oxygens (including phenoxy) is 1. The summed E-state index contributed by atoms with van der Waals surface area (Å²) in [4.78, 5) is 57.2. The zero-order chi connectivity index (χ0) is 25.3. The molecular weight excluding hydrogens is 456 g/mol. The Bertz CT molecular complexity index is 1480. The average Bonchev–Trinajstić information content (AvgIpc) is 3.44. The van der Waals surface area contributed by atoms with Crippen molar-refractivity contribution < 1.29 is 23.9 Å². The largest absolute Gasteiger partial charge is 0.465 e. The summed E-state index contributed by atoms with van der Waals surface area (Å²) in [6.07, 6.45) is 1.24. The lowest BCUT2D eigenvalue weighted by Gasteiger charge is -2.27. The van der Waals surface area contributed by atoms with Gasteiger partial charge < -0.3 is 9.72 Å². The van der Waals surface area contributed by atoms with Crippen molar-refractivity contribution in [2.45, 2.75) is 24.8 Å². The summed E-state index contributed by atoms with van der Waals surface area (Å²) in [6.45, 7) is 0.125. The highest BCUT2D eigenvalue weighted by atomic mass is 16.5. The van der Waals surface area contributed by atoms with E-state index in [4.69, 9.17) is 4.74 Å². The summed E-state index contributed by atoms with van der Waals surface area (Å²) in [5.41, 5.74) is 1.41. The quantitative estimate of drug-likeness (QED) is 0.240. The van der Waals surface area contributed by atoms with Crippen LogP contribution in [0.3, 0.4) is 0 Å². The Hall–Kier alpha value is -4.52. The van der Waals surface area contributed by atoms with Crippen LogP contribution in [0.25, 0.3) is 10.9 Å². The van der Waals surface area contributed by atoms with Gasteiger partial charge >= 0.3 is 5.97 Å². The fraction of sp³-hybridized carbons (Fsp3) is 0.172. The van der Waals surface area contributed by atoms with Crippen molar-refractivity contribution in [3.05, 3.63) is 107 Å². The molecule has 7 nitrogen and oxygen atoms in total. The van der Waals surface area contributed by atoms with E-state index in [-0.39, 0.29) is 31.1 Å². The van der Waals surface area contributed by atoms with Crippen LogP contribution in [-0.4, -0.2) is 40.6 Å². The molecule has 0 aliphatic carbocycles. The van der Waals surface area contributed by atoms with Crippen molar-refractivity contribution in [2.75, 3.05) is 7.11 Å². The number of amides is 2. The van der Waals surface area contributed by atoms with Gasteiger partial charge in [0.25, 0.3) is 0 Å². The maximum Gasteiger partial charge on any atom is 0.340 e. The van der Waals surface area contributed by atoms with Crippen LogP contribution in [0.15, 0.2) is 85.1 Å². The molecule has 36 heavy (non-hydrogen) atoms. The summed E-state index contributed by atoms with van der Waals surface area (Å²) in [5.74, 6) is -1.52. The lowest BCUT2D eigenvalue weighted by molar-refractivity contribution is -0.140. The molecular formula is C29H24N2O5. The van der Waals surface area contributed by atoms with Gasteiger partial charge in [0.1, 0.15) is 0 Å². The average molecular weight is 481 g/mol. The third kappa shape index (κ3) is 3.98. The molecule has 1 fully saturated rings. The number of esters is 1. The van der Waals surface area contributed by atoms with Gasteiger partial charge in [-0.15, -0.1) is 0 Å². The van der Waals surface area contributed by atoms with E-state index in [2.05, 4.69) is 4.98 Å². The van der Waals surface area contributed by atoms with Crippen molar-refractivity contribution in [3.8, 4) is 0 Å². The minimum Gasteiger partial charge on any atom is -0.465 e. The number of likely N-dealkylation sites (tertiary alicyclic amines) is 1. The Morgan fingerprint density at radius 1 is 0.972 bits per heavy atom. The van der Waals surface area contributed by atoms with Gasteiger partial charge in [0, 0.05) is 35.5 Å². The first-order valence-electron chi connectivity index (χ1n) is 11.6. The van der Waals surface area contributed by atoms with Gasteiger partial charge in [-0.2, -0.15) is 0 Å². The van der Waals surface area contributed by atoms with Crippen LogP contribution in [0.5, 0.6) is 0 Å². The van der Waals surface area contributed by atoms with Crippen LogP contribution in [0.4, 0.5) is 0 Å². The number of carbonyl (C=O) groups is 4. The number of nitrogens with zero attached hydrogens (tertiary/aromatic N) is 1. The maximum atomic E-state index is 14.0. The lowest BCUT2D eigenvalue weighted by Crippen LogP contribution is -2.40. The van der Waals surface area contributed by atoms with Crippen LogP contribution in [-0.2, 0) is 26.3 Å². The first-order chi connectivity index (χ1) is 17.4. The molecule has 2 heterocycles. The molecule has 1 saturated heterocycles. The Kier molecular flexibility index (Phi) is 5.98.